The Morgan fingerprint density at radius 3 is 1.96 bits per heavy atom. The van der Waals surface area contributed by atoms with Gasteiger partial charge in [0.2, 0.25) is 0 Å². The van der Waals surface area contributed by atoms with E-state index >= 15 is 0 Å². The molecule has 0 spiro atoms. The molecule has 1 atom stereocenters. The molecule has 1 aromatic carbocycles. The summed E-state index contributed by atoms with van der Waals surface area (Å²) in [6.07, 6.45) is 0.182. The SMILES string of the molecule is CC[C@@H](NC(=O)c1cc([N+](=O)[O-])cc([N+](=O)[O-])c1)P(=O)(OC)OC. The number of hydrogen-bond donors (Lipinski definition) is 1. The normalized spacial score (nSPS) is 12.5. The van der Waals surface area contributed by atoms with E-state index in [0.717, 1.165) is 32.4 Å². The summed E-state index contributed by atoms with van der Waals surface area (Å²) in [5.41, 5.74) is -1.53. The molecule has 0 saturated carbocycles. The Kier molecular flexibility index (Phi) is 6.52. The smallest absolute Gasteiger partial charge is 0.338 e. The summed E-state index contributed by atoms with van der Waals surface area (Å²) in [7, 11) is -1.33. The van der Waals surface area contributed by atoms with Gasteiger partial charge in [0, 0.05) is 26.4 Å². The van der Waals surface area contributed by atoms with E-state index in [1.165, 1.54) is 0 Å². The van der Waals surface area contributed by atoms with Crippen LogP contribution in [0.25, 0.3) is 0 Å². The number of carbonyl (C=O) groups is 1. The predicted octanol–water partition coefficient (Wildman–Crippen LogP) is 2.45. The number of nitrogens with one attached hydrogen (secondary N) is 1. The summed E-state index contributed by atoms with van der Waals surface area (Å²) in [6.45, 7) is 1.62. The first kappa shape index (κ1) is 19.7. The zero-order chi connectivity index (χ0) is 18.5. The summed E-state index contributed by atoms with van der Waals surface area (Å²) in [5.74, 6) is -1.89. The van der Waals surface area contributed by atoms with Crippen molar-refractivity contribution in [2.24, 2.45) is 0 Å². The molecule has 1 N–H and O–H groups in total. The maximum Gasteiger partial charge on any atom is 0.352 e. The summed E-state index contributed by atoms with van der Waals surface area (Å²) >= 11 is 0. The van der Waals surface area contributed by atoms with Crippen LogP contribution in [0.1, 0.15) is 23.7 Å². The second-order valence-corrected chi connectivity index (χ2v) is 6.99. The molecular formula is C12H16N3O8P. The molecule has 1 rings (SSSR count). The molecule has 0 saturated heterocycles. The molecule has 12 heteroatoms. The minimum atomic E-state index is -3.63. The van der Waals surface area contributed by atoms with E-state index in [1.54, 1.807) is 6.92 Å². The standard InChI is InChI=1S/C12H16N3O8P/c1-4-11(24(21,22-2)23-3)13-12(16)8-5-9(14(17)18)7-10(6-8)15(19)20/h5-7,11H,4H2,1-3H3,(H,13,16)/t11-/m0/s1. The van der Waals surface area contributed by atoms with Gasteiger partial charge >= 0.3 is 7.60 Å². The molecule has 0 radical (unpaired) electrons. The molecule has 24 heavy (non-hydrogen) atoms. The highest BCUT2D eigenvalue weighted by atomic mass is 31.2. The fraction of sp³-hybridized carbons (Fsp3) is 0.417. The maximum atomic E-state index is 12.3. The highest BCUT2D eigenvalue weighted by molar-refractivity contribution is 7.54. The summed E-state index contributed by atoms with van der Waals surface area (Å²) in [5, 5.41) is 24.1. The summed E-state index contributed by atoms with van der Waals surface area (Å²) in [4.78, 5) is 32.2. The van der Waals surface area contributed by atoms with Crippen molar-refractivity contribution < 1.29 is 28.3 Å². The molecule has 1 aromatic rings. The average Bonchev–Trinajstić information content (AvgIpc) is 2.58. The molecule has 0 aliphatic carbocycles. The molecule has 0 aliphatic heterocycles. The maximum absolute atomic E-state index is 12.3. The first-order chi connectivity index (χ1) is 11.2. The number of nitro groups is 2. The fourth-order valence-electron chi connectivity index (χ4n) is 1.91. The lowest BCUT2D eigenvalue weighted by atomic mass is 10.1. The Balaban J connectivity index is 3.21. The van der Waals surface area contributed by atoms with Crippen molar-refractivity contribution in [2.45, 2.75) is 19.1 Å². The Bertz CT molecular complexity index is 667. The van der Waals surface area contributed by atoms with Crippen LogP contribution in [0.5, 0.6) is 0 Å². The van der Waals surface area contributed by atoms with Crippen LogP contribution < -0.4 is 5.32 Å². The van der Waals surface area contributed by atoms with Gasteiger partial charge in [0.25, 0.3) is 17.3 Å². The average molecular weight is 361 g/mol. The number of rotatable bonds is 8. The first-order valence-electron chi connectivity index (χ1n) is 6.64. The number of benzene rings is 1. The molecule has 0 bridgehead atoms. The van der Waals surface area contributed by atoms with Crippen molar-refractivity contribution in [2.75, 3.05) is 14.2 Å². The molecular weight excluding hydrogens is 345 g/mol. The van der Waals surface area contributed by atoms with Crippen molar-refractivity contribution in [3.63, 3.8) is 0 Å². The molecule has 0 fully saturated rings. The van der Waals surface area contributed by atoms with Gasteiger partial charge in [-0.3, -0.25) is 29.6 Å². The van der Waals surface area contributed by atoms with E-state index in [1.807, 2.05) is 0 Å². The van der Waals surface area contributed by atoms with Gasteiger partial charge < -0.3 is 14.4 Å². The summed E-state index contributed by atoms with van der Waals surface area (Å²) in [6, 6.07) is 2.52. The van der Waals surface area contributed by atoms with Crippen LogP contribution in [0, 0.1) is 20.2 Å². The molecule has 0 unspecified atom stereocenters. The predicted molar refractivity (Wildman–Crippen MR) is 82.9 cm³/mol. The fourth-order valence-corrected chi connectivity index (χ4v) is 3.29. The minimum Gasteiger partial charge on any atom is -0.338 e. The van der Waals surface area contributed by atoms with Gasteiger partial charge in [-0.2, -0.15) is 0 Å². The second-order valence-electron chi connectivity index (χ2n) is 4.55. The van der Waals surface area contributed by atoms with Crippen molar-refractivity contribution in [3.05, 3.63) is 44.0 Å². The quantitative estimate of drug-likeness (QED) is 0.421. The molecule has 11 nitrogen and oxygen atoms in total. The van der Waals surface area contributed by atoms with E-state index in [4.69, 9.17) is 9.05 Å². The van der Waals surface area contributed by atoms with E-state index in [9.17, 15) is 29.6 Å². The van der Waals surface area contributed by atoms with Crippen LogP contribution in [0.2, 0.25) is 0 Å². The Morgan fingerprint density at radius 1 is 1.17 bits per heavy atom. The lowest BCUT2D eigenvalue weighted by molar-refractivity contribution is -0.394. The molecule has 0 aromatic heterocycles. The highest BCUT2D eigenvalue weighted by Crippen LogP contribution is 2.51. The third kappa shape index (κ3) is 4.34. The molecule has 0 heterocycles. The third-order valence-electron chi connectivity index (χ3n) is 3.16. The lowest BCUT2D eigenvalue weighted by Gasteiger charge is -2.24. The van der Waals surface area contributed by atoms with Gasteiger partial charge in [-0.15, -0.1) is 0 Å². The number of nitro benzene ring substituents is 2. The number of nitrogens with zero attached hydrogens (tertiary/aromatic N) is 2. The van der Waals surface area contributed by atoms with E-state index in [0.29, 0.717) is 0 Å². The monoisotopic (exact) mass is 361 g/mol. The Morgan fingerprint density at radius 2 is 1.62 bits per heavy atom. The molecule has 0 aliphatic rings. The van der Waals surface area contributed by atoms with E-state index in [2.05, 4.69) is 5.32 Å². The topological polar surface area (TPSA) is 151 Å². The second kappa shape index (κ2) is 7.95. The van der Waals surface area contributed by atoms with Crippen molar-refractivity contribution in [1.29, 1.82) is 0 Å². The van der Waals surface area contributed by atoms with Gasteiger partial charge in [0.15, 0.2) is 0 Å². The molecule has 1 amide bonds. The lowest BCUT2D eigenvalue weighted by Crippen LogP contribution is -2.35. The van der Waals surface area contributed by atoms with Gasteiger partial charge in [-0.25, -0.2) is 0 Å². The van der Waals surface area contributed by atoms with Crippen molar-refractivity contribution >= 4 is 24.9 Å². The Labute approximate surface area is 136 Å². The van der Waals surface area contributed by atoms with Gasteiger partial charge in [-0.1, -0.05) is 6.92 Å². The van der Waals surface area contributed by atoms with Crippen LogP contribution in [0.3, 0.4) is 0 Å². The zero-order valence-corrected chi connectivity index (χ0v) is 14.0. The number of non-ortho nitro benzene ring substituents is 2. The number of hydrogen-bond acceptors (Lipinski definition) is 8. The van der Waals surface area contributed by atoms with Crippen molar-refractivity contribution in [3.8, 4) is 0 Å². The van der Waals surface area contributed by atoms with Gasteiger partial charge in [0.05, 0.1) is 21.5 Å². The van der Waals surface area contributed by atoms with Crippen LogP contribution in [-0.4, -0.2) is 35.8 Å². The van der Waals surface area contributed by atoms with Gasteiger partial charge in [-0.05, 0) is 6.42 Å². The number of carbonyl (C=O) groups excluding carboxylic acids is 1. The summed E-state index contributed by atoms with van der Waals surface area (Å²) < 4.78 is 21.9. The number of amides is 1. The Hall–Kier alpha value is -2.36. The van der Waals surface area contributed by atoms with Crippen LogP contribution >= 0.6 is 7.60 Å². The minimum absolute atomic E-state index is 0.182. The van der Waals surface area contributed by atoms with Crippen LogP contribution in [-0.2, 0) is 13.6 Å². The third-order valence-corrected chi connectivity index (χ3v) is 5.44. The van der Waals surface area contributed by atoms with Crippen LogP contribution in [0.15, 0.2) is 18.2 Å². The first-order valence-corrected chi connectivity index (χ1v) is 8.25. The highest BCUT2D eigenvalue weighted by Gasteiger charge is 2.34. The largest absolute Gasteiger partial charge is 0.352 e. The van der Waals surface area contributed by atoms with Crippen molar-refractivity contribution in [1.82, 2.24) is 5.32 Å². The van der Waals surface area contributed by atoms with Crippen LogP contribution in [0.4, 0.5) is 11.4 Å². The van der Waals surface area contributed by atoms with E-state index in [-0.39, 0.29) is 12.0 Å². The zero-order valence-electron chi connectivity index (χ0n) is 13.1. The molecule has 132 valence electrons. The van der Waals surface area contributed by atoms with Gasteiger partial charge in [0.1, 0.15) is 5.78 Å². The van der Waals surface area contributed by atoms with E-state index < -0.39 is 40.5 Å².